The van der Waals surface area contributed by atoms with Crippen molar-refractivity contribution < 1.29 is 22.7 Å². The number of benzene rings is 2. The van der Waals surface area contributed by atoms with Gasteiger partial charge in [0.05, 0.1) is 24.5 Å². The van der Waals surface area contributed by atoms with E-state index in [4.69, 9.17) is 21.1 Å². The molecule has 0 aliphatic carbocycles. The Kier molecular flexibility index (Phi) is 7.80. The van der Waals surface area contributed by atoms with E-state index in [1.165, 1.54) is 16.4 Å². The summed E-state index contributed by atoms with van der Waals surface area (Å²) in [6.07, 6.45) is 1.27. The Balaban J connectivity index is 1.63. The van der Waals surface area contributed by atoms with Crippen molar-refractivity contribution in [3.8, 4) is 11.5 Å². The van der Waals surface area contributed by atoms with Crippen LogP contribution >= 0.6 is 11.6 Å². The van der Waals surface area contributed by atoms with Gasteiger partial charge >= 0.3 is 0 Å². The van der Waals surface area contributed by atoms with Gasteiger partial charge in [-0.2, -0.15) is 4.31 Å². The van der Waals surface area contributed by atoms with Gasteiger partial charge < -0.3 is 14.8 Å². The molecule has 0 saturated carbocycles. The van der Waals surface area contributed by atoms with E-state index in [1.54, 1.807) is 25.3 Å². The zero-order valence-electron chi connectivity index (χ0n) is 17.6. The highest BCUT2D eigenvalue weighted by Crippen LogP contribution is 2.28. The lowest BCUT2D eigenvalue weighted by molar-refractivity contribution is -0.126. The molecule has 9 heteroatoms. The minimum absolute atomic E-state index is 0.156. The number of methoxy groups -OCH3 is 1. The van der Waals surface area contributed by atoms with E-state index < -0.39 is 15.9 Å². The van der Waals surface area contributed by atoms with Gasteiger partial charge in [0.15, 0.2) is 11.5 Å². The van der Waals surface area contributed by atoms with Crippen LogP contribution in [0, 0.1) is 5.92 Å². The first-order chi connectivity index (χ1) is 14.8. The number of amides is 1. The fourth-order valence-corrected chi connectivity index (χ4v) is 5.21. The zero-order chi connectivity index (χ0) is 22.4. The fourth-order valence-electron chi connectivity index (χ4n) is 3.56. The van der Waals surface area contributed by atoms with Crippen molar-refractivity contribution >= 4 is 27.5 Å². The molecule has 1 aliphatic heterocycles. The van der Waals surface area contributed by atoms with Crippen LogP contribution in [-0.2, 0) is 21.4 Å². The molecule has 1 fully saturated rings. The van der Waals surface area contributed by atoms with Crippen LogP contribution in [0.3, 0.4) is 0 Å². The number of nitrogens with zero attached hydrogens (tertiary/aromatic N) is 1. The van der Waals surface area contributed by atoms with Crippen molar-refractivity contribution in [2.75, 3.05) is 26.8 Å². The average Bonchev–Trinajstić information content (AvgIpc) is 2.78. The van der Waals surface area contributed by atoms with Crippen molar-refractivity contribution in [2.24, 2.45) is 5.92 Å². The summed E-state index contributed by atoms with van der Waals surface area (Å²) in [7, 11) is -2.09. The molecular weight excluding hydrogens is 440 g/mol. The number of sulfonamides is 1. The van der Waals surface area contributed by atoms with Gasteiger partial charge in [0, 0.05) is 24.7 Å². The summed E-state index contributed by atoms with van der Waals surface area (Å²) in [5.41, 5.74) is 0.874. The minimum atomic E-state index is -3.67. The molecule has 2 aromatic carbocycles. The normalized spacial score (nSPS) is 17.2. The molecule has 1 amide bonds. The summed E-state index contributed by atoms with van der Waals surface area (Å²) in [6.45, 7) is 3.27. The molecule has 1 N–H and O–H groups in total. The second kappa shape index (κ2) is 10.3. The Morgan fingerprint density at radius 2 is 1.94 bits per heavy atom. The molecule has 0 spiro atoms. The van der Waals surface area contributed by atoms with Crippen molar-refractivity contribution in [1.82, 2.24) is 9.62 Å². The lowest BCUT2D eigenvalue weighted by Gasteiger charge is -2.31. The Bertz CT molecular complexity index is 1010. The Hall–Kier alpha value is -2.29. The third-order valence-corrected chi connectivity index (χ3v) is 7.33. The van der Waals surface area contributed by atoms with Crippen molar-refractivity contribution in [3.05, 3.63) is 53.1 Å². The van der Waals surface area contributed by atoms with E-state index in [2.05, 4.69) is 5.32 Å². The lowest BCUT2D eigenvalue weighted by Crippen LogP contribution is -2.45. The van der Waals surface area contributed by atoms with Gasteiger partial charge in [-0.25, -0.2) is 8.42 Å². The first kappa shape index (κ1) is 23.4. The van der Waals surface area contributed by atoms with Gasteiger partial charge in [0.25, 0.3) is 0 Å². The number of ether oxygens (including phenoxy) is 2. The number of nitrogens with one attached hydrogen (secondary N) is 1. The number of carbonyl (C=O) groups excluding carboxylic acids is 1. The van der Waals surface area contributed by atoms with E-state index in [1.807, 2.05) is 19.1 Å². The topological polar surface area (TPSA) is 84.9 Å². The molecular formula is C22H27ClN2O5S. The van der Waals surface area contributed by atoms with Crippen molar-refractivity contribution in [1.29, 1.82) is 0 Å². The molecule has 1 unspecified atom stereocenters. The van der Waals surface area contributed by atoms with E-state index >= 15 is 0 Å². The van der Waals surface area contributed by atoms with Gasteiger partial charge in [-0.1, -0.05) is 17.7 Å². The number of rotatable bonds is 8. The van der Waals surface area contributed by atoms with Gasteiger partial charge in [-0.15, -0.1) is 0 Å². The maximum absolute atomic E-state index is 12.9. The molecule has 0 radical (unpaired) electrons. The molecule has 1 heterocycles. The molecule has 1 atom stereocenters. The van der Waals surface area contributed by atoms with Crippen LogP contribution in [0.5, 0.6) is 11.5 Å². The summed E-state index contributed by atoms with van der Waals surface area (Å²) in [4.78, 5) is 12.9. The van der Waals surface area contributed by atoms with E-state index in [0.29, 0.717) is 49.1 Å². The molecule has 2 aromatic rings. The van der Waals surface area contributed by atoms with Crippen LogP contribution in [0.25, 0.3) is 0 Å². The largest absolute Gasteiger partial charge is 0.493 e. The summed E-state index contributed by atoms with van der Waals surface area (Å²) in [5, 5.41) is 3.39. The van der Waals surface area contributed by atoms with Gasteiger partial charge in [0.2, 0.25) is 15.9 Å². The molecule has 0 aromatic heterocycles. The number of hydrogen-bond acceptors (Lipinski definition) is 5. The third-order valence-electron chi connectivity index (χ3n) is 5.20. The second-order valence-corrected chi connectivity index (χ2v) is 9.67. The molecule has 1 saturated heterocycles. The number of carbonyl (C=O) groups is 1. The monoisotopic (exact) mass is 466 g/mol. The van der Waals surface area contributed by atoms with Crippen LogP contribution in [0.4, 0.5) is 0 Å². The van der Waals surface area contributed by atoms with Gasteiger partial charge in [-0.3, -0.25) is 4.79 Å². The Morgan fingerprint density at radius 3 is 2.61 bits per heavy atom. The Labute approximate surface area is 188 Å². The van der Waals surface area contributed by atoms with Crippen LogP contribution in [-0.4, -0.2) is 45.4 Å². The molecule has 3 rings (SSSR count). The first-order valence-electron chi connectivity index (χ1n) is 10.2. The summed E-state index contributed by atoms with van der Waals surface area (Å²) < 4.78 is 38.1. The maximum atomic E-state index is 12.9. The zero-order valence-corrected chi connectivity index (χ0v) is 19.2. The summed E-state index contributed by atoms with van der Waals surface area (Å²) in [6, 6.07) is 11.6. The smallest absolute Gasteiger partial charge is 0.243 e. The van der Waals surface area contributed by atoms with Crippen LogP contribution < -0.4 is 14.8 Å². The fraction of sp³-hybridized carbons (Fsp3) is 0.409. The quantitative estimate of drug-likeness (QED) is 0.644. The SMILES string of the molecule is CCOc1cc(CNC(=O)C2CCCN(S(=O)(=O)c3ccc(Cl)cc3)C2)ccc1OC. The molecule has 7 nitrogen and oxygen atoms in total. The van der Waals surface area contributed by atoms with Gasteiger partial charge in [-0.05, 0) is 61.7 Å². The highest BCUT2D eigenvalue weighted by atomic mass is 35.5. The number of hydrogen-bond donors (Lipinski definition) is 1. The minimum Gasteiger partial charge on any atom is -0.493 e. The first-order valence-corrected chi connectivity index (χ1v) is 12.0. The van der Waals surface area contributed by atoms with E-state index in [-0.39, 0.29) is 17.3 Å². The second-order valence-electron chi connectivity index (χ2n) is 7.29. The van der Waals surface area contributed by atoms with E-state index in [9.17, 15) is 13.2 Å². The highest BCUT2D eigenvalue weighted by Gasteiger charge is 2.33. The molecule has 0 bridgehead atoms. The van der Waals surface area contributed by atoms with Crippen LogP contribution in [0.2, 0.25) is 5.02 Å². The highest BCUT2D eigenvalue weighted by molar-refractivity contribution is 7.89. The summed E-state index contributed by atoms with van der Waals surface area (Å²) >= 11 is 5.87. The predicted octanol–water partition coefficient (Wildman–Crippen LogP) is 3.46. The van der Waals surface area contributed by atoms with Crippen molar-refractivity contribution in [3.63, 3.8) is 0 Å². The number of halogens is 1. The standard InChI is InChI=1S/C22H27ClN2O5S/c1-3-30-21-13-16(6-11-20(21)29-2)14-24-22(26)17-5-4-12-25(15-17)31(27,28)19-9-7-18(23)8-10-19/h6-11,13,17H,3-5,12,14-15H2,1-2H3,(H,24,26). The molecule has 1 aliphatic rings. The Morgan fingerprint density at radius 1 is 1.19 bits per heavy atom. The molecule has 168 valence electrons. The molecule has 31 heavy (non-hydrogen) atoms. The van der Waals surface area contributed by atoms with Gasteiger partial charge in [0.1, 0.15) is 0 Å². The number of piperidine rings is 1. The predicted molar refractivity (Wildman–Crippen MR) is 119 cm³/mol. The van der Waals surface area contributed by atoms with Crippen LogP contribution in [0.15, 0.2) is 47.4 Å². The lowest BCUT2D eigenvalue weighted by atomic mass is 9.98. The summed E-state index contributed by atoms with van der Waals surface area (Å²) in [5.74, 6) is 0.687. The van der Waals surface area contributed by atoms with Crippen molar-refractivity contribution in [2.45, 2.75) is 31.2 Å². The maximum Gasteiger partial charge on any atom is 0.243 e. The third kappa shape index (κ3) is 5.70. The van der Waals surface area contributed by atoms with E-state index in [0.717, 1.165) is 5.56 Å². The average molecular weight is 467 g/mol. The van der Waals surface area contributed by atoms with Crippen LogP contribution in [0.1, 0.15) is 25.3 Å².